The van der Waals surface area contributed by atoms with Gasteiger partial charge in [-0.25, -0.2) is 4.79 Å². The van der Waals surface area contributed by atoms with Gasteiger partial charge in [0.1, 0.15) is 18.3 Å². The molecule has 2 aromatic carbocycles. The monoisotopic (exact) mass is 386 g/mol. The van der Waals surface area contributed by atoms with E-state index in [0.717, 1.165) is 11.1 Å². The highest BCUT2D eigenvalue weighted by Gasteiger charge is 2.56. The van der Waals surface area contributed by atoms with Crippen LogP contribution in [0.3, 0.4) is 0 Å². The Kier molecular flexibility index (Phi) is 5.87. The highest BCUT2D eigenvalue weighted by atomic mass is 32.1. The maximum absolute atomic E-state index is 12.5. The predicted molar refractivity (Wildman–Crippen MR) is 107 cm³/mol. The molecule has 0 aromatic heterocycles. The van der Waals surface area contributed by atoms with Crippen molar-refractivity contribution in [3.8, 4) is 16.9 Å². The fourth-order valence-electron chi connectivity index (χ4n) is 3.79. The van der Waals surface area contributed by atoms with E-state index in [0.29, 0.717) is 17.9 Å². The summed E-state index contributed by atoms with van der Waals surface area (Å²) in [4.78, 5) is 24.4. The van der Waals surface area contributed by atoms with E-state index in [2.05, 4.69) is 12.6 Å². The van der Waals surface area contributed by atoms with Crippen molar-refractivity contribution in [1.29, 1.82) is 0 Å². The lowest BCUT2D eigenvalue weighted by molar-refractivity contribution is -0.793. The summed E-state index contributed by atoms with van der Waals surface area (Å²) in [6, 6.07) is 17.4. The lowest BCUT2D eigenvalue weighted by Crippen LogP contribution is -2.59. The first kappa shape index (κ1) is 19.5. The van der Waals surface area contributed by atoms with Gasteiger partial charge in [-0.05, 0) is 30.2 Å². The van der Waals surface area contributed by atoms with E-state index < -0.39 is 10.6 Å². The Morgan fingerprint density at radius 3 is 2.33 bits per heavy atom. The number of imide groups is 1. The highest BCUT2D eigenvalue weighted by Crippen LogP contribution is 2.32. The maximum atomic E-state index is 12.5. The van der Waals surface area contributed by atoms with Crippen LogP contribution in [0.1, 0.15) is 19.8 Å². The number of nitrogens with zero attached hydrogens (tertiary/aromatic N) is 1. The molecule has 0 radical (unpaired) electrons. The third-order valence-electron chi connectivity index (χ3n) is 5.22. The molecule has 2 aromatic rings. The van der Waals surface area contributed by atoms with Crippen LogP contribution in [0.2, 0.25) is 0 Å². The molecule has 2 amide bonds. The normalized spacial score (nSPS) is 24.5. The van der Waals surface area contributed by atoms with Gasteiger partial charge in [-0.1, -0.05) is 42.5 Å². The molecule has 1 N–H and O–H groups in total. The fraction of sp³-hybridized carbons (Fsp3) is 0.333. The first-order valence-corrected chi connectivity index (χ1v) is 9.68. The summed E-state index contributed by atoms with van der Waals surface area (Å²) >= 11 is 4.08. The van der Waals surface area contributed by atoms with E-state index in [1.165, 1.54) is 0 Å². The number of carbonyl (C=O) groups excluding carboxylic acids is 1. The summed E-state index contributed by atoms with van der Waals surface area (Å²) in [5.41, 5.74) is 2.21. The number of ether oxygens (including phenoxy) is 1. The van der Waals surface area contributed by atoms with Crippen LogP contribution in [0.25, 0.3) is 11.1 Å². The van der Waals surface area contributed by atoms with Gasteiger partial charge in [-0.3, -0.25) is 0 Å². The predicted octanol–water partition coefficient (Wildman–Crippen LogP) is 4.23. The molecule has 0 bridgehead atoms. The summed E-state index contributed by atoms with van der Waals surface area (Å²) < 4.78 is 5.44. The molecular formula is C21H24NO4S+. The second-order valence-electron chi connectivity index (χ2n) is 6.92. The third-order valence-corrected chi connectivity index (χ3v) is 5.45. The zero-order valence-electron chi connectivity index (χ0n) is 15.2. The van der Waals surface area contributed by atoms with Crippen LogP contribution < -0.4 is 4.74 Å². The van der Waals surface area contributed by atoms with Crippen LogP contribution in [-0.4, -0.2) is 46.0 Å². The minimum atomic E-state index is -1.11. The Hall–Kier alpha value is -2.31. The molecule has 1 aliphatic rings. The Morgan fingerprint density at radius 1 is 1.11 bits per heavy atom. The molecule has 0 unspecified atom stereocenters. The molecule has 3 atom stereocenters. The largest absolute Gasteiger partial charge is 0.521 e. The Morgan fingerprint density at radius 2 is 1.74 bits per heavy atom. The van der Waals surface area contributed by atoms with Crippen molar-refractivity contribution in [2.24, 2.45) is 0 Å². The number of benzene rings is 2. The molecule has 27 heavy (non-hydrogen) atoms. The number of likely N-dealkylation sites (tertiary alicyclic amines) is 1. The van der Waals surface area contributed by atoms with Crippen LogP contribution in [0, 0.1) is 0 Å². The molecule has 0 saturated carbocycles. The number of hydrogen-bond donors (Lipinski definition) is 2. The summed E-state index contributed by atoms with van der Waals surface area (Å²) in [6.45, 7) is 1.94. The van der Waals surface area contributed by atoms with Crippen LogP contribution in [-0.2, 0) is 4.79 Å². The van der Waals surface area contributed by atoms with Gasteiger partial charge < -0.3 is 9.84 Å². The molecule has 1 heterocycles. The van der Waals surface area contributed by atoms with Crippen molar-refractivity contribution in [2.45, 2.75) is 31.9 Å². The van der Waals surface area contributed by atoms with Crippen molar-refractivity contribution in [2.75, 3.05) is 12.3 Å². The molecule has 0 aliphatic carbocycles. The SMILES string of the molecule is C[C@@H]1C[C@@H](Oc2ccc(-c3ccccc3)cc2)C[N@+]1(C(=O)O)C(=O)CCS. The zero-order valence-corrected chi connectivity index (χ0v) is 16.1. The minimum absolute atomic E-state index is 0.137. The van der Waals surface area contributed by atoms with Gasteiger partial charge in [0, 0.05) is 12.2 Å². The number of carboxylic acid groups (broad SMARTS) is 1. The van der Waals surface area contributed by atoms with Crippen molar-refractivity contribution in [3.05, 3.63) is 54.6 Å². The van der Waals surface area contributed by atoms with Gasteiger partial charge in [-0.15, -0.1) is 0 Å². The van der Waals surface area contributed by atoms with Gasteiger partial charge in [0.2, 0.25) is 0 Å². The Labute approximate surface area is 164 Å². The quantitative estimate of drug-likeness (QED) is 0.596. The van der Waals surface area contributed by atoms with Crippen LogP contribution >= 0.6 is 12.6 Å². The summed E-state index contributed by atoms with van der Waals surface area (Å²) in [5.74, 6) is 0.708. The van der Waals surface area contributed by atoms with E-state index >= 15 is 0 Å². The summed E-state index contributed by atoms with van der Waals surface area (Å²) in [7, 11) is 0. The average molecular weight is 386 g/mol. The van der Waals surface area contributed by atoms with Crippen molar-refractivity contribution in [3.63, 3.8) is 0 Å². The number of hydrogen-bond acceptors (Lipinski definition) is 4. The van der Waals surface area contributed by atoms with Gasteiger partial charge in [0.25, 0.3) is 0 Å². The topological polar surface area (TPSA) is 63.6 Å². The maximum Gasteiger partial charge on any atom is 0.521 e. The first-order valence-electron chi connectivity index (χ1n) is 9.05. The lowest BCUT2D eigenvalue weighted by atomic mass is 10.1. The summed E-state index contributed by atoms with van der Waals surface area (Å²) in [5, 5.41) is 9.75. The third kappa shape index (κ3) is 3.87. The molecule has 6 heteroatoms. The first-order chi connectivity index (χ1) is 13.0. The van der Waals surface area contributed by atoms with E-state index in [1.807, 2.05) is 54.6 Å². The fourth-order valence-corrected chi connectivity index (χ4v) is 3.98. The second kappa shape index (κ2) is 8.15. The Bertz CT molecular complexity index is 809. The molecule has 142 valence electrons. The van der Waals surface area contributed by atoms with Gasteiger partial charge in [0.05, 0.1) is 6.42 Å². The summed E-state index contributed by atoms with van der Waals surface area (Å²) in [6.07, 6.45) is -0.772. The molecule has 1 fully saturated rings. The number of quaternary nitrogens is 1. The van der Waals surface area contributed by atoms with Crippen LogP contribution in [0.15, 0.2) is 54.6 Å². The second-order valence-corrected chi connectivity index (χ2v) is 7.36. The van der Waals surface area contributed by atoms with E-state index in [9.17, 15) is 14.7 Å². The van der Waals surface area contributed by atoms with E-state index in [4.69, 9.17) is 4.74 Å². The standard InChI is InChI=1S/C21H23NO4S/c1-15-13-19(14-22(15,21(24)25)20(23)11-12-27)26-18-9-7-17(8-10-18)16-5-3-2-4-6-16/h2-10,15,19H,11-14H2,1H3,(H-,24,25,27)/p+1/t15-,19-,22-/m1/s1. The molecule has 1 aliphatic heterocycles. The van der Waals surface area contributed by atoms with E-state index in [-0.39, 0.29) is 31.0 Å². The lowest BCUT2D eigenvalue weighted by Gasteiger charge is -2.29. The average Bonchev–Trinajstić information content (AvgIpc) is 3.00. The highest BCUT2D eigenvalue weighted by molar-refractivity contribution is 7.80. The smallest absolute Gasteiger partial charge is 0.484 e. The Balaban J connectivity index is 1.73. The zero-order chi connectivity index (χ0) is 19.4. The van der Waals surface area contributed by atoms with E-state index in [1.54, 1.807) is 6.92 Å². The number of amides is 2. The number of rotatable bonds is 5. The van der Waals surface area contributed by atoms with Gasteiger partial charge in [0.15, 0.2) is 6.10 Å². The van der Waals surface area contributed by atoms with Crippen LogP contribution in [0.5, 0.6) is 5.75 Å². The van der Waals surface area contributed by atoms with Gasteiger partial charge >= 0.3 is 12.0 Å². The number of carbonyl (C=O) groups is 2. The molecule has 3 rings (SSSR count). The van der Waals surface area contributed by atoms with Crippen LogP contribution in [0.4, 0.5) is 4.79 Å². The molecule has 1 saturated heterocycles. The molecule has 5 nitrogen and oxygen atoms in total. The molecule has 0 spiro atoms. The van der Waals surface area contributed by atoms with Gasteiger partial charge in [-0.2, -0.15) is 21.9 Å². The molecular weight excluding hydrogens is 362 g/mol. The van der Waals surface area contributed by atoms with Crippen molar-refractivity contribution in [1.82, 2.24) is 0 Å². The number of thiol groups is 1. The van der Waals surface area contributed by atoms with Crippen molar-refractivity contribution >= 4 is 24.6 Å². The van der Waals surface area contributed by atoms with Crippen molar-refractivity contribution < 1.29 is 23.9 Å². The minimum Gasteiger partial charge on any atom is -0.484 e.